The van der Waals surface area contributed by atoms with Gasteiger partial charge in [0.2, 0.25) is 0 Å². The fourth-order valence-corrected chi connectivity index (χ4v) is 4.29. The Morgan fingerprint density at radius 3 is 2.13 bits per heavy atom. The molecule has 0 unspecified atom stereocenters. The topological polar surface area (TPSA) is 75.6 Å². The van der Waals surface area contributed by atoms with Crippen molar-refractivity contribution in [2.75, 3.05) is 11.9 Å². The second kappa shape index (κ2) is 7.34. The van der Waals surface area contributed by atoms with Crippen molar-refractivity contribution in [2.45, 2.75) is 24.7 Å². The Labute approximate surface area is 174 Å². The fraction of sp³-hybridized carbons (Fsp3) is 0.200. The first-order chi connectivity index (χ1) is 14.6. The average molecular weight is 399 g/mol. The summed E-state index contributed by atoms with van der Waals surface area (Å²) in [5.74, 6) is -0.668. The van der Waals surface area contributed by atoms with Crippen LogP contribution in [-0.4, -0.2) is 23.8 Å². The minimum atomic E-state index is -0.968. The maximum atomic E-state index is 12.6. The first-order valence-corrected chi connectivity index (χ1v) is 10.1. The highest BCUT2D eigenvalue weighted by Crippen LogP contribution is 2.45. The third-order valence-electron chi connectivity index (χ3n) is 5.90. The molecule has 0 radical (unpaired) electrons. The van der Waals surface area contributed by atoms with Crippen LogP contribution >= 0.6 is 0 Å². The van der Waals surface area contributed by atoms with Gasteiger partial charge in [-0.15, -0.1) is 0 Å². The summed E-state index contributed by atoms with van der Waals surface area (Å²) in [6.07, 6.45) is 1.48. The van der Waals surface area contributed by atoms with Crippen molar-refractivity contribution in [3.8, 4) is 11.1 Å². The number of nitrogens with one attached hydrogen (secondary N) is 1. The quantitative estimate of drug-likeness (QED) is 0.584. The van der Waals surface area contributed by atoms with E-state index in [1.165, 1.54) is 17.2 Å². The molecule has 0 bridgehead atoms. The molecule has 5 heteroatoms. The lowest BCUT2D eigenvalue weighted by Gasteiger charge is -2.16. The molecule has 0 aliphatic heterocycles. The molecular formula is C25H21NO4. The lowest BCUT2D eigenvalue weighted by molar-refractivity contribution is 0.0696. The lowest BCUT2D eigenvalue weighted by Crippen LogP contribution is -2.18. The van der Waals surface area contributed by atoms with Crippen molar-refractivity contribution in [2.24, 2.45) is 0 Å². The SMILES string of the molecule is O=C(Nc1ccc(C(=O)O)cc1C1CC1)OCC1c2ccccc2-c2ccccc21. The second-order valence-corrected chi connectivity index (χ2v) is 7.83. The van der Waals surface area contributed by atoms with Crippen molar-refractivity contribution >= 4 is 17.7 Å². The first kappa shape index (κ1) is 18.4. The number of carbonyl (C=O) groups is 2. The molecule has 0 heterocycles. The highest BCUT2D eigenvalue weighted by atomic mass is 16.5. The van der Waals surface area contributed by atoms with Crippen LogP contribution in [0, 0.1) is 0 Å². The van der Waals surface area contributed by atoms with Gasteiger partial charge in [-0.05, 0) is 64.8 Å². The highest BCUT2D eigenvalue weighted by molar-refractivity contribution is 5.91. The predicted octanol–water partition coefficient (Wildman–Crippen LogP) is 5.62. The van der Waals surface area contributed by atoms with Gasteiger partial charge in [-0.2, -0.15) is 0 Å². The molecule has 1 saturated carbocycles. The molecule has 5 rings (SSSR count). The minimum absolute atomic E-state index is 0.000406. The van der Waals surface area contributed by atoms with Crippen molar-refractivity contribution in [1.82, 2.24) is 0 Å². The third-order valence-corrected chi connectivity index (χ3v) is 5.90. The molecule has 150 valence electrons. The fourth-order valence-electron chi connectivity index (χ4n) is 4.29. The Bertz CT molecular complexity index is 1100. The average Bonchev–Trinajstić information content (AvgIpc) is 3.55. The number of rotatable bonds is 5. The number of anilines is 1. The van der Waals surface area contributed by atoms with Crippen LogP contribution in [0.2, 0.25) is 0 Å². The van der Waals surface area contributed by atoms with Gasteiger partial charge in [0.25, 0.3) is 0 Å². The molecule has 2 N–H and O–H groups in total. The molecule has 2 aliphatic carbocycles. The largest absolute Gasteiger partial charge is 0.478 e. The minimum Gasteiger partial charge on any atom is -0.478 e. The monoisotopic (exact) mass is 399 g/mol. The van der Waals surface area contributed by atoms with E-state index in [0.29, 0.717) is 11.6 Å². The molecule has 2 aliphatic rings. The van der Waals surface area contributed by atoms with E-state index in [2.05, 4.69) is 29.6 Å². The number of hydrogen-bond acceptors (Lipinski definition) is 3. The maximum absolute atomic E-state index is 12.6. The summed E-state index contributed by atoms with van der Waals surface area (Å²) in [6.45, 7) is 0.242. The Hall–Kier alpha value is -3.60. The van der Waals surface area contributed by atoms with Gasteiger partial charge in [-0.25, -0.2) is 9.59 Å². The summed E-state index contributed by atoms with van der Waals surface area (Å²) in [6, 6.07) is 21.2. The summed E-state index contributed by atoms with van der Waals surface area (Å²) in [5, 5.41) is 12.1. The molecule has 1 fully saturated rings. The number of carboxylic acid groups (broad SMARTS) is 1. The first-order valence-electron chi connectivity index (χ1n) is 10.1. The van der Waals surface area contributed by atoms with Crippen LogP contribution in [-0.2, 0) is 4.74 Å². The van der Waals surface area contributed by atoms with E-state index in [9.17, 15) is 14.7 Å². The van der Waals surface area contributed by atoms with Crippen molar-refractivity contribution in [1.29, 1.82) is 0 Å². The Balaban J connectivity index is 1.32. The highest BCUT2D eigenvalue weighted by Gasteiger charge is 2.30. The molecule has 5 nitrogen and oxygen atoms in total. The van der Waals surface area contributed by atoms with Crippen LogP contribution in [0.5, 0.6) is 0 Å². The van der Waals surface area contributed by atoms with Gasteiger partial charge >= 0.3 is 12.1 Å². The second-order valence-electron chi connectivity index (χ2n) is 7.83. The molecule has 30 heavy (non-hydrogen) atoms. The molecule has 0 saturated heterocycles. The number of carboxylic acids is 1. The number of aromatic carboxylic acids is 1. The summed E-state index contributed by atoms with van der Waals surface area (Å²) in [5.41, 5.74) is 6.41. The summed E-state index contributed by atoms with van der Waals surface area (Å²) >= 11 is 0. The van der Waals surface area contributed by atoms with E-state index >= 15 is 0 Å². The van der Waals surface area contributed by atoms with Crippen LogP contribution in [0.25, 0.3) is 11.1 Å². The maximum Gasteiger partial charge on any atom is 0.411 e. The van der Waals surface area contributed by atoms with Crippen molar-refractivity contribution in [3.63, 3.8) is 0 Å². The van der Waals surface area contributed by atoms with E-state index < -0.39 is 12.1 Å². The Kier molecular flexibility index (Phi) is 4.51. The van der Waals surface area contributed by atoms with Gasteiger partial charge in [-0.1, -0.05) is 48.5 Å². The van der Waals surface area contributed by atoms with Crippen molar-refractivity contribution < 1.29 is 19.4 Å². The van der Waals surface area contributed by atoms with Gasteiger partial charge in [0.1, 0.15) is 6.61 Å². The van der Waals surface area contributed by atoms with E-state index in [1.54, 1.807) is 12.1 Å². The Morgan fingerprint density at radius 2 is 1.53 bits per heavy atom. The Morgan fingerprint density at radius 1 is 0.900 bits per heavy atom. The van der Waals surface area contributed by atoms with E-state index in [4.69, 9.17) is 4.74 Å². The molecule has 3 aromatic rings. The van der Waals surface area contributed by atoms with Gasteiger partial charge in [-0.3, -0.25) is 5.32 Å². The lowest BCUT2D eigenvalue weighted by atomic mass is 9.98. The van der Waals surface area contributed by atoms with Crippen LogP contribution < -0.4 is 5.32 Å². The summed E-state index contributed by atoms with van der Waals surface area (Å²) in [7, 11) is 0. The predicted molar refractivity (Wildman–Crippen MR) is 114 cm³/mol. The zero-order chi connectivity index (χ0) is 20.7. The standard InChI is InChI=1S/C25H21NO4/c27-24(28)16-11-12-23(21(13-16)15-9-10-15)26-25(29)30-14-22-19-7-3-1-5-17(19)18-6-2-4-8-20(18)22/h1-8,11-13,15,22H,9-10,14H2,(H,26,29)(H,27,28). The molecule has 0 spiro atoms. The van der Waals surface area contributed by atoms with Crippen molar-refractivity contribution in [3.05, 3.63) is 89.0 Å². The smallest absolute Gasteiger partial charge is 0.411 e. The number of carbonyl (C=O) groups excluding carboxylic acids is 1. The third kappa shape index (κ3) is 3.32. The number of hydrogen-bond donors (Lipinski definition) is 2. The normalized spacial score (nSPS) is 14.7. The van der Waals surface area contributed by atoms with Gasteiger partial charge in [0.15, 0.2) is 0 Å². The molecular weight excluding hydrogens is 378 g/mol. The van der Waals surface area contributed by atoms with Crippen LogP contribution in [0.4, 0.5) is 10.5 Å². The number of ether oxygens (including phenoxy) is 1. The molecule has 0 aromatic heterocycles. The van der Waals surface area contributed by atoms with E-state index in [-0.39, 0.29) is 18.1 Å². The van der Waals surface area contributed by atoms with Gasteiger partial charge in [0, 0.05) is 11.6 Å². The number of benzene rings is 3. The zero-order valence-corrected chi connectivity index (χ0v) is 16.3. The number of fused-ring (bicyclic) bond motifs is 3. The van der Waals surface area contributed by atoms with Crippen LogP contribution in [0.1, 0.15) is 51.7 Å². The van der Waals surface area contributed by atoms with Gasteiger partial charge in [0.05, 0.1) is 5.56 Å². The summed E-state index contributed by atoms with van der Waals surface area (Å²) in [4.78, 5) is 23.8. The molecule has 0 atom stereocenters. The van der Waals surface area contributed by atoms with E-state index in [0.717, 1.165) is 29.5 Å². The summed E-state index contributed by atoms with van der Waals surface area (Å²) < 4.78 is 5.61. The number of amides is 1. The van der Waals surface area contributed by atoms with Crippen LogP contribution in [0.15, 0.2) is 66.7 Å². The van der Waals surface area contributed by atoms with E-state index in [1.807, 2.05) is 24.3 Å². The molecule has 3 aromatic carbocycles. The van der Waals surface area contributed by atoms with Gasteiger partial charge < -0.3 is 9.84 Å². The van der Waals surface area contributed by atoms with Crippen LogP contribution in [0.3, 0.4) is 0 Å². The molecule has 1 amide bonds. The zero-order valence-electron chi connectivity index (χ0n) is 16.3.